The standard InChI is InChI=1S/C26H20FN3O4.C21H18FN3O4.C20H17FN4O3.C19H16FN3O5/c27-21-13-4-3-12-20(21)25-28-23(30-34-25)17-9-5-10-18(15-17)24(31)29-26(32)33-22-14-6-8-16-7-1-2-11-19(16)22;22-17-11-4-3-10-16(17)20-23-18(25-29-20)13-6-5-7-14(12-13)19(26)24-21(27)28-15-8-1-2-9-15;21-16-9-2-1-8-15(16)19-22-17(24-28-19)13-6-5-7-14(12-13)18(26)23-20(27)25-10-3-4-11-25;1-26-9-10-27-19(25)22-17(24)13-6-4-5-12(11-13)16-21-18(28-23-16)14-7-2-3-8-15(14)20/h3-6,8-10,12-15H,1-2,7,11H2,(H,29,31,32);3-7,10-12,15H,1-2,8-9H2,(H,24,26,27);1-2,5-9,12H,3-4,10-11H2,(H,23,26,27);2-8,11H,9-10H2,1H3,(H,22,24,25). The van der Waals surface area contributed by atoms with Crippen LogP contribution in [0.5, 0.6) is 5.75 Å². The first kappa shape index (κ1) is 82.0. The third kappa shape index (κ3) is 21.5. The number of hydrogen-bond acceptors (Lipinski definition) is 24. The van der Waals surface area contributed by atoms with Gasteiger partial charge >= 0.3 is 24.3 Å². The van der Waals surface area contributed by atoms with Gasteiger partial charge < -0.3 is 41.9 Å². The van der Waals surface area contributed by atoms with E-state index in [2.05, 4.69) is 61.8 Å². The first-order chi connectivity index (χ1) is 57.9. The molecule has 0 bridgehead atoms. The summed E-state index contributed by atoms with van der Waals surface area (Å²) in [5.74, 6) is -2.90. The number of benzene rings is 9. The summed E-state index contributed by atoms with van der Waals surface area (Å²) in [7, 11) is 1.47. The van der Waals surface area contributed by atoms with Crippen molar-refractivity contribution in [2.45, 2.75) is 70.3 Å². The fourth-order valence-electron chi connectivity index (χ4n) is 12.6. The van der Waals surface area contributed by atoms with Crippen LogP contribution in [0.4, 0.5) is 36.7 Å². The maximum atomic E-state index is 14.0. The summed E-state index contributed by atoms with van der Waals surface area (Å²) in [5.41, 5.74) is 5.82. The van der Waals surface area contributed by atoms with E-state index in [1.54, 1.807) is 138 Å². The van der Waals surface area contributed by atoms with Crippen LogP contribution in [0.25, 0.3) is 91.4 Å². The van der Waals surface area contributed by atoms with Gasteiger partial charge in [-0.2, -0.15) is 19.9 Å². The molecule has 9 aromatic carbocycles. The lowest BCUT2D eigenvalue weighted by Crippen LogP contribution is -2.41. The lowest BCUT2D eigenvalue weighted by atomic mass is 9.91. The molecule has 16 rings (SSSR count). The fraction of sp³-hybridized carbons (Fsp3) is 0.186. The topological polar surface area (TPSA) is 381 Å². The predicted molar refractivity (Wildman–Crippen MR) is 418 cm³/mol. The maximum absolute atomic E-state index is 14.0. The summed E-state index contributed by atoms with van der Waals surface area (Å²) in [6, 6.07) is 55.0. The minimum atomic E-state index is -0.881. The Labute approximate surface area is 674 Å². The minimum absolute atomic E-state index is 0.0182. The van der Waals surface area contributed by atoms with Crippen molar-refractivity contribution in [3.05, 3.63) is 269 Å². The van der Waals surface area contributed by atoms with E-state index in [0.29, 0.717) is 46.7 Å². The number of nitrogens with one attached hydrogen (secondary N) is 4. The molecule has 0 unspecified atom stereocenters. The van der Waals surface area contributed by atoms with E-state index in [-0.39, 0.29) is 105 Å². The van der Waals surface area contributed by atoms with Crippen LogP contribution >= 0.6 is 0 Å². The summed E-state index contributed by atoms with van der Waals surface area (Å²) in [6.07, 6.45) is 6.89. The number of likely N-dealkylation sites (tertiary alicyclic amines) is 1. The van der Waals surface area contributed by atoms with Crippen LogP contribution in [0, 0.1) is 23.3 Å². The van der Waals surface area contributed by atoms with Gasteiger partial charge in [-0.1, -0.05) is 130 Å². The van der Waals surface area contributed by atoms with Crippen LogP contribution in [0.15, 0.2) is 230 Å². The molecule has 1 saturated carbocycles. The number of carbonyl (C=O) groups excluding carboxylic acids is 8. The highest BCUT2D eigenvalue weighted by atomic mass is 19.1. The Morgan fingerprint density at radius 1 is 0.395 bits per heavy atom. The van der Waals surface area contributed by atoms with E-state index in [4.69, 9.17) is 37.0 Å². The number of amides is 9. The number of aryl methyl sites for hydroxylation is 1. The highest BCUT2D eigenvalue weighted by Gasteiger charge is 2.27. The van der Waals surface area contributed by atoms with E-state index in [0.717, 1.165) is 69.8 Å². The van der Waals surface area contributed by atoms with E-state index in [9.17, 15) is 55.9 Å². The van der Waals surface area contributed by atoms with Crippen LogP contribution < -0.4 is 26.0 Å². The zero-order chi connectivity index (χ0) is 83.2. The molecule has 2 fully saturated rings. The average molecular weight is 1620 g/mol. The van der Waals surface area contributed by atoms with Gasteiger partial charge in [-0.3, -0.25) is 40.4 Å². The summed E-state index contributed by atoms with van der Waals surface area (Å²) < 4.78 is 96.5. The van der Waals surface area contributed by atoms with Crippen LogP contribution in [-0.2, 0) is 27.1 Å². The molecule has 13 aromatic rings. The van der Waals surface area contributed by atoms with Crippen molar-refractivity contribution in [1.82, 2.24) is 66.7 Å². The minimum Gasteiger partial charge on any atom is -0.447 e. The second-order valence-corrected chi connectivity index (χ2v) is 26.7. The molecular weight excluding hydrogens is 1550 g/mol. The van der Waals surface area contributed by atoms with Gasteiger partial charge in [-0.15, -0.1) is 0 Å². The molecule has 119 heavy (non-hydrogen) atoms. The molecule has 33 heteroatoms. The largest absolute Gasteiger partial charge is 0.447 e. The van der Waals surface area contributed by atoms with Crippen molar-refractivity contribution < 1.29 is 93.0 Å². The zero-order valence-electron chi connectivity index (χ0n) is 63.3. The predicted octanol–water partition coefficient (Wildman–Crippen LogP) is 16.2. The number of hydrogen-bond donors (Lipinski definition) is 4. The van der Waals surface area contributed by atoms with E-state index in [1.807, 2.05) is 12.1 Å². The summed E-state index contributed by atoms with van der Waals surface area (Å²) in [6.45, 7) is 1.55. The Morgan fingerprint density at radius 2 is 0.756 bits per heavy atom. The molecule has 0 radical (unpaired) electrons. The molecule has 1 aliphatic heterocycles. The number of rotatable bonds is 17. The fourth-order valence-corrected chi connectivity index (χ4v) is 12.6. The summed E-state index contributed by atoms with van der Waals surface area (Å²) in [4.78, 5) is 116. The van der Waals surface area contributed by atoms with Gasteiger partial charge in [0.1, 0.15) is 41.7 Å². The molecular formula is C86H71F4N13O16. The first-order valence-corrected chi connectivity index (χ1v) is 37.4. The number of nitrogens with zero attached hydrogens (tertiary/aromatic N) is 9. The zero-order valence-corrected chi connectivity index (χ0v) is 63.3. The number of imide groups is 4. The van der Waals surface area contributed by atoms with E-state index < -0.39 is 71.2 Å². The van der Waals surface area contributed by atoms with Gasteiger partial charge in [-0.05, 0) is 178 Å². The molecule has 5 heterocycles. The van der Waals surface area contributed by atoms with Crippen molar-refractivity contribution in [3.63, 3.8) is 0 Å². The molecule has 4 N–H and O–H groups in total. The Hall–Kier alpha value is -15.0. The number of carbonyl (C=O) groups is 8. The number of fused-ring (bicyclic) bond motifs is 1. The van der Waals surface area contributed by atoms with Gasteiger partial charge in [0.2, 0.25) is 23.3 Å². The SMILES string of the molecule is COCCOC(=O)NC(=O)c1cccc(-c2noc(-c3ccccc3F)n2)c1.O=C(NC(=O)N1CCCC1)c1cccc(-c2noc(-c3ccccc3F)n2)c1.O=C(NC(=O)c1cccc(-c2noc(-c3ccccc3F)n2)c1)OC1CCCC1.O=C(NC(=O)c1cccc(-c2noc(-c3ccccc3F)n2)c1)Oc1cccc2c1CCCC2. The van der Waals surface area contributed by atoms with Gasteiger partial charge in [0, 0.05) is 64.7 Å². The van der Waals surface area contributed by atoms with E-state index in [1.165, 1.54) is 79.4 Å². The number of halogens is 4. The number of alkyl carbamates (subject to hydrolysis) is 2. The normalized spacial score (nSPS) is 12.7. The highest BCUT2D eigenvalue weighted by Crippen LogP contribution is 2.33. The molecule has 0 atom stereocenters. The van der Waals surface area contributed by atoms with Gasteiger partial charge in [0.05, 0.1) is 28.9 Å². The molecule has 0 spiro atoms. The molecule has 29 nitrogen and oxygen atoms in total. The quantitative estimate of drug-likeness (QED) is 0.0486. The Balaban J connectivity index is 0.000000138. The number of ether oxygens (including phenoxy) is 4. The maximum Gasteiger partial charge on any atom is 0.419 e. The van der Waals surface area contributed by atoms with Gasteiger partial charge in [-0.25, -0.2) is 36.7 Å². The monoisotopic (exact) mass is 1620 g/mol. The second kappa shape index (κ2) is 39.3. The van der Waals surface area contributed by atoms with Crippen molar-refractivity contribution in [3.8, 4) is 97.1 Å². The Morgan fingerprint density at radius 3 is 1.15 bits per heavy atom. The van der Waals surface area contributed by atoms with Crippen LogP contribution in [0.1, 0.15) is 104 Å². The van der Waals surface area contributed by atoms with Gasteiger partial charge in [0.15, 0.2) is 0 Å². The third-order valence-electron chi connectivity index (χ3n) is 18.6. The Kier molecular flexibility index (Phi) is 27.1. The summed E-state index contributed by atoms with van der Waals surface area (Å²) in [5, 5.41) is 24.4. The second-order valence-electron chi connectivity index (χ2n) is 26.7. The van der Waals surface area contributed by atoms with E-state index >= 15 is 0 Å². The van der Waals surface area contributed by atoms with Crippen LogP contribution in [-0.4, -0.2) is 133 Å². The van der Waals surface area contributed by atoms with Crippen LogP contribution in [0.3, 0.4) is 0 Å². The van der Waals surface area contributed by atoms with Crippen LogP contribution in [0.2, 0.25) is 0 Å². The number of urea groups is 1. The van der Waals surface area contributed by atoms with Crippen molar-refractivity contribution in [1.29, 1.82) is 0 Å². The first-order valence-electron chi connectivity index (χ1n) is 37.4. The third-order valence-corrected chi connectivity index (χ3v) is 18.6. The summed E-state index contributed by atoms with van der Waals surface area (Å²) >= 11 is 0. The lowest BCUT2D eigenvalue weighted by molar-refractivity contribution is 0.0823. The smallest absolute Gasteiger partial charge is 0.419 e. The van der Waals surface area contributed by atoms with Crippen molar-refractivity contribution in [2.24, 2.45) is 0 Å². The Bertz CT molecular complexity index is 5840. The van der Waals surface area contributed by atoms with Crippen molar-refractivity contribution in [2.75, 3.05) is 33.4 Å². The average Bonchev–Trinajstić information content (AvgIpc) is 1.55. The molecule has 2 aliphatic carbocycles. The molecule has 604 valence electrons. The number of aromatic nitrogens is 8. The molecule has 3 aliphatic rings. The molecule has 1 saturated heterocycles. The number of methoxy groups -OCH3 is 1. The van der Waals surface area contributed by atoms with Gasteiger partial charge in [0.25, 0.3) is 47.2 Å². The lowest BCUT2D eigenvalue weighted by Gasteiger charge is -2.18. The molecule has 9 amide bonds. The molecule has 4 aromatic heterocycles. The van der Waals surface area contributed by atoms with Crippen molar-refractivity contribution >= 4 is 47.9 Å². The highest BCUT2D eigenvalue weighted by molar-refractivity contribution is 6.06.